The number of fused-ring (bicyclic) bond motifs is 9. The molecule has 0 aromatic carbocycles. The monoisotopic (exact) mass is 1490 g/mol. The molecule has 15 rings (SSSR count). The van der Waals surface area contributed by atoms with Crippen LogP contribution in [-0.4, -0.2) is 197 Å². The van der Waals surface area contributed by atoms with E-state index in [9.17, 15) is 55.2 Å². The normalized spacial score (nSPS) is 39.3. The molecule has 0 aromatic heterocycles. The van der Waals surface area contributed by atoms with Crippen molar-refractivity contribution in [3.63, 3.8) is 0 Å². The number of rotatable bonds is 15. The smallest absolute Gasteiger partial charge is 0.350 e. The highest BCUT2D eigenvalue weighted by molar-refractivity contribution is 7.88. The molecule has 4 bridgehead atoms. The van der Waals surface area contributed by atoms with E-state index >= 15 is 0 Å². The molecule has 11 aliphatic heterocycles. The van der Waals surface area contributed by atoms with Gasteiger partial charge in [0.2, 0.25) is 18.3 Å². The molecule has 0 amide bonds. The Morgan fingerprint density at radius 3 is 1.36 bits per heavy atom. The van der Waals surface area contributed by atoms with Gasteiger partial charge in [0, 0.05) is 30.6 Å². The van der Waals surface area contributed by atoms with Crippen LogP contribution in [0.3, 0.4) is 0 Å². The van der Waals surface area contributed by atoms with Crippen LogP contribution in [0.15, 0.2) is 0 Å². The Balaban J connectivity index is 0.000000129. The van der Waals surface area contributed by atoms with Gasteiger partial charge in [0.15, 0.2) is 54.7 Å². The fourth-order valence-electron chi connectivity index (χ4n) is 15.3. The fourth-order valence-corrected chi connectivity index (χ4v) is 18.9. The highest BCUT2D eigenvalue weighted by atomic mass is 32.2. The summed E-state index contributed by atoms with van der Waals surface area (Å²) >= 11 is 0. The zero-order chi connectivity index (χ0) is 74.7. The average Bonchev–Trinajstić information content (AvgIpc) is 1.59. The molecule has 15 fully saturated rings. The molecule has 576 valence electrons. The van der Waals surface area contributed by atoms with E-state index in [2.05, 4.69) is 0 Å². The molecule has 0 radical (unpaired) electrons. The Morgan fingerprint density at radius 1 is 0.412 bits per heavy atom. The average molecular weight is 1490 g/mol. The number of hydrogen-bond acceptors (Lipinski definition) is 29. The Hall–Kier alpha value is -4.70. The summed E-state index contributed by atoms with van der Waals surface area (Å²) in [6.07, 6.45) is 2.44. The van der Waals surface area contributed by atoms with E-state index in [1.807, 2.05) is 62.3 Å². The van der Waals surface area contributed by atoms with Gasteiger partial charge in [0.1, 0.15) is 48.0 Å². The maximum atomic E-state index is 12.3. The quantitative estimate of drug-likeness (QED) is 0.0879. The van der Waals surface area contributed by atoms with Crippen molar-refractivity contribution in [3.05, 3.63) is 0 Å². The molecule has 4 saturated carbocycles. The highest BCUT2D eigenvalue weighted by Crippen LogP contribution is 2.56. The maximum Gasteiger partial charge on any atom is 0.350 e. The van der Waals surface area contributed by atoms with Crippen LogP contribution in [0.4, 0.5) is 0 Å². The summed E-state index contributed by atoms with van der Waals surface area (Å²) in [5.74, 6) is -4.42. The van der Waals surface area contributed by atoms with Crippen molar-refractivity contribution in [2.75, 3.05) is 0 Å². The summed E-state index contributed by atoms with van der Waals surface area (Å²) in [5, 5.41) is -0.951. The molecule has 0 aromatic rings. The largest absolute Gasteiger partial charge is 0.459 e. The molecule has 29 nitrogen and oxygen atoms in total. The third-order valence-corrected chi connectivity index (χ3v) is 27.5. The van der Waals surface area contributed by atoms with Crippen molar-refractivity contribution in [1.82, 2.24) is 0 Å². The molecular weight excluding hydrogens is 1380 g/mol. The van der Waals surface area contributed by atoms with Crippen LogP contribution in [0.5, 0.6) is 0 Å². The lowest BCUT2D eigenvalue weighted by Gasteiger charge is -2.33. The Morgan fingerprint density at radius 2 is 0.853 bits per heavy atom. The van der Waals surface area contributed by atoms with E-state index in [4.69, 9.17) is 79.4 Å². The summed E-state index contributed by atoms with van der Waals surface area (Å²) in [5.41, 5.74) is -2.97. The van der Waals surface area contributed by atoms with Crippen molar-refractivity contribution in [2.45, 2.75) is 353 Å². The van der Waals surface area contributed by atoms with Gasteiger partial charge in [-0.2, -0.15) is 16.8 Å². The molecule has 31 heteroatoms. The van der Waals surface area contributed by atoms with Gasteiger partial charge in [0.05, 0.1) is 38.4 Å². The van der Waals surface area contributed by atoms with Crippen LogP contribution in [0.1, 0.15) is 220 Å². The van der Waals surface area contributed by atoms with Gasteiger partial charge in [-0.05, 0) is 167 Å². The van der Waals surface area contributed by atoms with E-state index < -0.39 is 180 Å². The van der Waals surface area contributed by atoms with Crippen molar-refractivity contribution in [2.24, 2.45) is 44.8 Å². The topological polar surface area (TPSA) is 362 Å². The van der Waals surface area contributed by atoms with Crippen LogP contribution < -0.4 is 0 Å². The second kappa shape index (κ2) is 28.5. The SMILES string of the molecule is CCC(C)(C)C(=O)OC1C(=O)OC2C3OC(C)(C)OC3OC12.CCC(C)(C)C(=O)OC1C(=O)OC2C3OC4(CCCCC4)OC3OC12.CCC(C)(C)C(=O)OC1C(=O)OC2CCCC21.CCC(C)(C)C(=O)OC1C2CC3C(O2)C1OS3(=O)=O.CCC(C)(C)C(=O)OC1C2CC3C1OS(=O)(=O)C3C2. The molecule has 1 spiro atoms. The lowest BCUT2D eigenvalue weighted by atomic mass is 9.89. The molecule has 15 aliphatic rings. The molecule has 23 unspecified atom stereocenters. The van der Waals surface area contributed by atoms with Crippen LogP contribution in [0, 0.1) is 44.8 Å². The van der Waals surface area contributed by atoms with E-state index in [0.29, 0.717) is 44.9 Å². The first-order valence-corrected chi connectivity index (χ1v) is 39.6. The number of carbonyl (C=O) groups is 8. The van der Waals surface area contributed by atoms with Gasteiger partial charge in [-0.1, -0.05) is 41.0 Å². The van der Waals surface area contributed by atoms with Crippen LogP contribution in [-0.2, 0) is 138 Å². The van der Waals surface area contributed by atoms with E-state index in [1.54, 1.807) is 55.4 Å². The van der Waals surface area contributed by atoms with Crippen molar-refractivity contribution in [1.29, 1.82) is 0 Å². The summed E-state index contributed by atoms with van der Waals surface area (Å²) < 4.78 is 141. The third-order valence-electron chi connectivity index (χ3n) is 24.1. The number of carbonyl (C=O) groups excluding carboxylic acids is 8. The van der Waals surface area contributed by atoms with E-state index in [-0.39, 0.29) is 65.2 Å². The Kier molecular flexibility index (Phi) is 21.9. The fraction of sp³-hybridized carbons (Fsp3) is 0.887. The molecule has 4 aliphatic carbocycles. The van der Waals surface area contributed by atoms with Gasteiger partial charge in [0.25, 0.3) is 20.2 Å². The third kappa shape index (κ3) is 14.9. The second-order valence-corrected chi connectivity index (χ2v) is 37.0. The number of esters is 8. The van der Waals surface area contributed by atoms with Crippen LogP contribution >= 0.6 is 0 Å². The molecule has 102 heavy (non-hydrogen) atoms. The molecular formula is C71H106O29S2. The molecule has 23 atom stereocenters. The summed E-state index contributed by atoms with van der Waals surface area (Å²) in [4.78, 5) is 96.6. The maximum absolute atomic E-state index is 12.3. The van der Waals surface area contributed by atoms with Gasteiger partial charge >= 0.3 is 47.8 Å². The standard InChI is InChI=1S/C18H26O7.C15H22O7.C13H20O5S.C13H20O4.C12H18O6S/c1-4-17(2,3)16(20)23-12-10-11(21-14(12)19)13-15(22-10)25-18(24-13)8-6-5-7-9-18;1-6-14(2,3)13(17)20-9-7-8(18-11(9)16)10-12(19-7)22-15(4,5)21-10;1-4-13(2,3)12(14)17-10-7-5-8-9(6-7)19(15,16)18-11(8)10;1-4-13(2,3)12(15)17-10-8-6-5-7-9(8)16-11(10)14;1-4-12(2,3)11(13)17-8-6-5-7-9(16-6)10(8)18-19(7,14)15/h10-13,15H,4-9H2,1-3H3;7-10,12H,6H2,1-5H3;7-11H,4-6H2,1-3H3;8-10H,4-7H2,1-3H3;6-10H,4-5H2,1-3H3. The predicted octanol–water partition coefficient (Wildman–Crippen LogP) is 7.33. The lowest BCUT2D eigenvalue weighted by Crippen LogP contribution is -2.43. The van der Waals surface area contributed by atoms with Gasteiger partial charge in [-0.25, -0.2) is 14.4 Å². The van der Waals surface area contributed by atoms with Gasteiger partial charge < -0.3 is 71.1 Å². The van der Waals surface area contributed by atoms with Gasteiger partial charge in [-0.15, -0.1) is 0 Å². The van der Waals surface area contributed by atoms with Crippen molar-refractivity contribution < 1.29 is 135 Å². The lowest BCUT2D eigenvalue weighted by molar-refractivity contribution is -0.246. The van der Waals surface area contributed by atoms with Gasteiger partial charge in [-0.3, -0.25) is 32.3 Å². The highest BCUT2D eigenvalue weighted by Gasteiger charge is 2.70. The minimum atomic E-state index is -3.56. The van der Waals surface area contributed by atoms with E-state index in [0.717, 1.165) is 51.4 Å². The number of hydrogen-bond donors (Lipinski definition) is 0. The minimum Gasteiger partial charge on any atom is -0.459 e. The minimum absolute atomic E-state index is 0.0231. The summed E-state index contributed by atoms with van der Waals surface area (Å²) in [6.45, 7) is 31.2. The predicted molar refractivity (Wildman–Crippen MR) is 351 cm³/mol. The zero-order valence-electron chi connectivity index (χ0n) is 61.7. The van der Waals surface area contributed by atoms with Crippen molar-refractivity contribution in [3.8, 4) is 0 Å². The van der Waals surface area contributed by atoms with Crippen LogP contribution in [0.25, 0.3) is 0 Å². The summed E-state index contributed by atoms with van der Waals surface area (Å²) in [7, 11) is -6.99. The van der Waals surface area contributed by atoms with E-state index in [1.165, 1.54) is 6.42 Å². The van der Waals surface area contributed by atoms with Crippen molar-refractivity contribution >= 4 is 68.0 Å². The Bertz CT molecular complexity index is 3350. The Labute approximate surface area is 597 Å². The first-order valence-electron chi connectivity index (χ1n) is 36.7. The number of ether oxygens (including phenoxy) is 15. The first kappa shape index (κ1) is 78.4. The molecule has 11 saturated heterocycles. The zero-order valence-corrected chi connectivity index (χ0v) is 63.4. The first-order chi connectivity index (χ1) is 47.5. The second-order valence-electron chi connectivity index (χ2n) is 33.4. The van der Waals surface area contributed by atoms with Crippen LogP contribution in [0.2, 0.25) is 0 Å². The summed E-state index contributed by atoms with van der Waals surface area (Å²) in [6, 6.07) is 0. The molecule has 0 N–H and O–H groups in total. The molecule has 11 heterocycles.